The number of para-hydroxylation sites is 1. The highest BCUT2D eigenvalue weighted by atomic mass is 16.6. The molecule has 0 radical (unpaired) electrons. The van der Waals surface area contributed by atoms with Crippen LogP contribution in [0.3, 0.4) is 0 Å². The van der Waals surface area contributed by atoms with E-state index in [1.807, 2.05) is 72.8 Å². The van der Waals surface area contributed by atoms with E-state index in [9.17, 15) is 10.1 Å². The Morgan fingerprint density at radius 1 is 0.885 bits per heavy atom. The molecule has 0 saturated carbocycles. The number of rotatable bonds is 6. The highest BCUT2D eigenvalue weighted by Crippen LogP contribution is 2.14. The number of hydrogen-bond acceptors (Lipinski definition) is 4. The minimum absolute atomic E-state index is 0.0739. The molecule has 0 aliphatic carbocycles. The summed E-state index contributed by atoms with van der Waals surface area (Å²) in [5.74, 6) is 0. The van der Waals surface area contributed by atoms with E-state index < -0.39 is 4.92 Å². The van der Waals surface area contributed by atoms with Crippen molar-refractivity contribution in [2.45, 2.75) is 0 Å². The summed E-state index contributed by atoms with van der Waals surface area (Å²) in [6.07, 6.45) is 3.76. The molecule has 0 amide bonds. The Bertz CT molecular complexity index is 918. The Morgan fingerprint density at radius 3 is 2.12 bits per heavy atom. The van der Waals surface area contributed by atoms with E-state index in [0.29, 0.717) is 0 Å². The van der Waals surface area contributed by atoms with Gasteiger partial charge in [-0.15, -0.1) is 0 Å². The van der Waals surface area contributed by atoms with Crippen LogP contribution >= 0.6 is 0 Å². The summed E-state index contributed by atoms with van der Waals surface area (Å²) in [6, 6.07) is 25.9. The minimum atomic E-state index is -0.409. The molecule has 5 heteroatoms. The van der Waals surface area contributed by atoms with Crippen LogP contribution in [-0.4, -0.2) is 10.6 Å². The van der Waals surface area contributed by atoms with Crippen LogP contribution in [-0.2, 0) is 0 Å². The van der Waals surface area contributed by atoms with Crippen molar-refractivity contribution in [3.8, 4) is 0 Å². The Balaban J connectivity index is 1.84. The first-order valence-electron chi connectivity index (χ1n) is 8.09. The predicted octanol–water partition coefficient (Wildman–Crippen LogP) is 5.12. The van der Waals surface area contributed by atoms with E-state index in [-0.39, 0.29) is 5.69 Å². The molecular weight excluding hydrogens is 326 g/mol. The summed E-state index contributed by atoms with van der Waals surface area (Å²) in [7, 11) is 0. The summed E-state index contributed by atoms with van der Waals surface area (Å²) >= 11 is 0. The third-order valence-corrected chi connectivity index (χ3v) is 3.69. The zero-order valence-electron chi connectivity index (χ0n) is 13.9. The molecule has 0 unspecified atom stereocenters. The van der Waals surface area contributed by atoms with Gasteiger partial charge in [-0.05, 0) is 35.9 Å². The number of nitrogens with zero attached hydrogens (tertiary/aromatic N) is 2. The molecule has 3 rings (SSSR count). The Kier molecular flexibility index (Phi) is 5.52. The highest BCUT2D eigenvalue weighted by molar-refractivity contribution is 6.11. The molecule has 3 aromatic carbocycles. The van der Waals surface area contributed by atoms with Gasteiger partial charge in [0, 0.05) is 17.7 Å². The van der Waals surface area contributed by atoms with E-state index >= 15 is 0 Å². The highest BCUT2D eigenvalue weighted by Gasteiger charge is 2.03. The molecule has 0 aliphatic rings. The van der Waals surface area contributed by atoms with Crippen molar-refractivity contribution in [2.75, 3.05) is 5.43 Å². The van der Waals surface area contributed by atoms with Crippen molar-refractivity contribution in [3.05, 3.63) is 112 Å². The number of nitro groups is 1. The van der Waals surface area contributed by atoms with E-state index in [4.69, 9.17) is 0 Å². The van der Waals surface area contributed by atoms with Crippen LogP contribution in [0.4, 0.5) is 11.4 Å². The number of anilines is 1. The second-order valence-corrected chi connectivity index (χ2v) is 5.52. The van der Waals surface area contributed by atoms with E-state index in [1.54, 1.807) is 12.1 Å². The van der Waals surface area contributed by atoms with Gasteiger partial charge in [0.05, 0.1) is 16.3 Å². The average molecular weight is 343 g/mol. The summed E-state index contributed by atoms with van der Waals surface area (Å²) in [4.78, 5) is 10.3. The van der Waals surface area contributed by atoms with Gasteiger partial charge in [-0.2, -0.15) is 5.10 Å². The van der Waals surface area contributed by atoms with Crippen LogP contribution < -0.4 is 5.43 Å². The maximum Gasteiger partial charge on any atom is 0.269 e. The standard InChI is InChI=1S/C21H17N3O2/c25-24(26)20-14-11-17(12-15-20)13-16-21(18-7-3-1-4-8-18)23-22-19-9-5-2-6-10-19/h1-16,22H/b16-13+,23-21-. The van der Waals surface area contributed by atoms with Gasteiger partial charge < -0.3 is 0 Å². The van der Waals surface area contributed by atoms with Crippen molar-refractivity contribution in [3.63, 3.8) is 0 Å². The largest absolute Gasteiger partial charge is 0.278 e. The second-order valence-electron chi connectivity index (χ2n) is 5.52. The van der Waals surface area contributed by atoms with Crippen LogP contribution in [0.2, 0.25) is 0 Å². The number of hydrogen-bond donors (Lipinski definition) is 1. The first-order valence-corrected chi connectivity index (χ1v) is 8.09. The zero-order chi connectivity index (χ0) is 18.2. The Morgan fingerprint density at radius 2 is 1.50 bits per heavy atom. The van der Waals surface area contributed by atoms with E-state index in [2.05, 4.69) is 10.5 Å². The third kappa shape index (κ3) is 4.64. The number of allylic oxidation sites excluding steroid dienone is 1. The fourth-order valence-corrected chi connectivity index (χ4v) is 2.33. The van der Waals surface area contributed by atoms with E-state index in [1.165, 1.54) is 12.1 Å². The summed E-state index contributed by atoms with van der Waals surface area (Å²) in [5.41, 5.74) is 6.60. The van der Waals surface area contributed by atoms with Gasteiger partial charge in [-0.3, -0.25) is 15.5 Å². The molecular formula is C21H17N3O2. The number of nitrogens with one attached hydrogen (secondary N) is 1. The molecule has 0 atom stereocenters. The van der Waals surface area contributed by atoms with Crippen LogP contribution in [0.5, 0.6) is 0 Å². The topological polar surface area (TPSA) is 67.5 Å². The van der Waals surface area contributed by atoms with Crippen LogP contribution in [0, 0.1) is 10.1 Å². The van der Waals surface area contributed by atoms with Crippen molar-refractivity contribution in [2.24, 2.45) is 5.10 Å². The average Bonchev–Trinajstić information content (AvgIpc) is 2.70. The fourth-order valence-electron chi connectivity index (χ4n) is 2.33. The number of hydrazone groups is 1. The first kappa shape index (κ1) is 17.1. The second kappa shape index (κ2) is 8.39. The molecule has 0 saturated heterocycles. The molecule has 0 fully saturated rings. The van der Waals surface area contributed by atoms with Gasteiger partial charge in [-0.25, -0.2) is 0 Å². The van der Waals surface area contributed by atoms with Gasteiger partial charge in [0.15, 0.2) is 0 Å². The van der Waals surface area contributed by atoms with Crippen molar-refractivity contribution in [1.82, 2.24) is 0 Å². The maximum absolute atomic E-state index is 10.7. The lowest BCUT2D eigenvalue weighted by molar-refractivity contribution is -0.384. The lowest BCUT2D eigenvalue weighted by Crippen LogP contribution is -2.01. The molecule has 1 N–H and O–H groups in total. The maximum atomic E-state index is 10.7. The molecule has 5 nitrogen and oxygen atoms in total. The predicted molar refractivity (Wildman–Crippen MR) is 105 cm³/mol. The smallest absolute Gasteiger partial charge is 0.269 e. The molecule has 26 heavy (non-hydrogen) atoms. The molecule has 128 valence electrons. The molecule has 0 spiro atoms. The normalized spacial score (nSPS) is 11.5. The molecule has 0 bridgehead atoms. The third-order valence-electron chi connectivity index (χ3n) is 3.69. The molecule has 0 heterocycles. The van der Waals surface area contributed by atoms with Gasteiger partial charge in [0.2, 0.25) is 0 Å². The zero-order valence-corrected chi connectivity index (χ0v) is 13.9. The van der Waals surface area contributed by atoms with Gasteiger partial charge in [0.1, 0.15) is 0 Å². The van der Waals surface area contributed by atoms with Gasteiger partial charge in [0.25, 0.3) is 5.69 Å². The lowest BCUT2D eigenvalue weighted by atomic mass is 10.1. The monoisotopic (exact) mass is 343 g/mol. The summed E-state index contributed by atoms with van der Waals surface area (Å²) in [5, 5.41) is 15.2. The van der Waals surface area contributed by atoms with Crippen molar-refractivity contribution < 1.29 is 4.92 Å². The fraction of sp³-hybridized carbons (Fsp3) is 0. The molecule has 3 aromatic rings. The minimum Gasteiger partial charge on any atom is -0.278 e. The van der Waals surface area contributed by atoms with Crippen LogP contribution in [0.25, 0.3) is 6.08 Å². The molecule has 0 aromatic heterocycles. The summed E-state index contributed by atoms with van der Waals surface area (Å²) in [6.45, 7) is 0. The van der Waals surface area contributed by atoms with Crippen LogP contribution in [0.1, 0.15) is 11.1 Å². The van der Waals surface area contributed by atoms with Crippen molar-refractivity contribution >= 4 is 23.2 Å². The van der Waals surface area contributed by atoms with Gasteiger partial charge in [-0.1, -0.05) is 54.6 Å². The van der Waals surface area contributed by atoms with Gasteiger partial charge >= 0.3 is 0 Å². The van der Waals surface area contributed by atoms with Crippen molar-refractivity contribution in [1.29, 1.82) is 0 Å². The lowest BCUT2D eigenvalue weighted by Gasteiger charge is -2.04. The van der Waals surface area contributed by atoms with Crippen LogP contribution in [0.15, 0.2) is 96.1 Å². The Labute approximate surface area is 151 Å². The number of benzene rings is 3. The Hall–Kier alpha value is -3.73. The first-order chi connectivity index (χ1) is 12.7. The molecule has 0 aliphatic heterocycles. The SMILES string of the molecule is O=[N+]([O-])c1ccc(/C=C/C(=N/Nc2ccccc2)c2ccccc2)cc1. The number of non-ortho nitro benzene ring substituents is 1. The number of nitro benzene ring substituents is 1. The van der Waals surface area contributed by atoms with E-state index in [0.717, 1.165) is 22.5 Å². The quantitative estimate of drug-likeness (QED) is 0.383. The summed E-state index contributed by atoms with van der Waals surface area (Å²) < 4.78 is 0.